The fourth-order valence-corrected chi connectivity index (χ4v) is 6.32. The molecule has 1 aliphatic carbocycles. The predicted molar refractivity (Wildman–Crippen MR) is 159 cm³/mol. The van der Waals surface area contributed by atoms with Crippen molar-refractivity contribution in [3.8, 4) is 0 Å². The van der Waals surface area contributed by atoms with Gasteiger partial charge in [0.1, 0.15) is 6.04 Å². The highest BCUT2D eigenvalue weighted by Gasteiger charge is 2.29. The summed E-state index contributed by atoms with van der Waals surface area (Å²) in [5.41, 5.74) is 1.97. The third-order valence-electron chi connectivity index (χ3n) is 7.05. The van der Waals surface area contributed by atoms with Gasteiger partial charge < -0.3 is 10.2 Å². The van der Waals surface area contributed by atoms with E-state index in [1.165, 1.54) is 15.6 Å². The van der Waals surface area contributed by atoms with Crippen LogP contribution in [0.1, 0.15) is 63.0 Å². The van der Waals surface area contributed by atoms with Gasteiger partial charge in [-0.2, -0.15) is 0 Å². The van der Waals surface area contributed by atoms with Crippen molar-refractivity contribution >= 4 is 62.3 Å². The lowest BCUT2D eigenvalue weighted by Gasteiger charge is -2.31. The molecule has 0 bridgehead atoms. The highest BCUT2D eigenvalue weighted by atomic mass is 35.5. The largest absolute Gasteiger partial charge is 0.352 e. The normalized spacial score (nSPS) is 15.0. The second-order valence-corrected chi connectivity index (χ2v) is 13.3. The molecule has 2 aromatic carbocycles. The molecule has 0 unspecified atom stereocenters. The van der Waals surface area contributed by atoms with E-state index in [2.05, 4.69) is 5.32 Å². The number of anilines is 1. The molecular weight excluding hydrogens is 581 g/mol. The van der Waals surface area contributed by atoms with E-state index in [4.69, 9.17) is 34.8 Å². The zero-order valence-electron chi connectivity index (χ0n) is 22.6. The fraction of sp³-hybridized carbons (Fsp3) is 0.500. The van der Waals surface area contributed by atoms with E-state index >= 15 is 0 Å². The fourth-order valence-electron chi connectivity index (χ4n) is 4.82. The monoisotopic (exact) mass is 615 g/mol. The molecular formula is C28H36Cl3N3O4S. The lowest BCUT2D eigenvalue weighted by molar-refractivity contribution is -0.141. The van der Waals surface area contributed by atoms with E-state index in [0.29, 0.717) is 20.8 Å². The van der Waals surface area contributed by atoms with Crippen molar-refractivity contribution in [1.29, 1.82) is 0 Å². The Balaban J connectivity index is 1.76. The number of sulfonamides is 1. The van der Waals surface area contributed by atoms with Gasteiger partial charge in [0.2, 0.25) is 21.8 Å². The van der Waals surface area contributed by atoms with Crippen LogP contribution in [0.2, 0.25) is 15.1 Å². The Bertz CT molecular complexity index is 1280. The van der Waals surface area contributed by atoms with Crippen LogP contribution in [-0.2, 0) is 26.2 Å². The van der Waals surface area contributed by atoms with Gasteiger partial charge in [-0.05, 0) is 68.5 Å². The third-order valence-corrected chi connectivity index (χ3v) is 9.20. The molecule has 3 rings (SSSR count). The molecule has 0 aromatic heterocycles. The number of halogens is 3. The van der Waals surface area contributed by atoms with Gasteiger partial charge in [0.05, 0.1) is 22.0 Å². The lowest BCUT2D eigenvalue weighted by Crippen LogP contribution is -2.50. The van der Waals surface area contributed by atoms with E-state index in [1.807, 2.05) is 0 Å². The van der Waals surface area contributed by atoms with E-state index < -0.39 is 16.1 Å². The van der Waals surface area contributed by atoms with Crippen LogP contribution < -0.4 is 9.62 Å². The minimum absolute atomic E-state index is 0.0496. The SMILES string of the molecule is Cc1ccc(Cl)cc1N(CCCC(=O)N(Cc1ccc(Cl)c(Cl)c1)[C@@H](C)C(=O)NC1CCCCC1)S(C)(=O)=O. The molecule has 1 atom stereocenters. The number of benzene rings is 2. The van der Waals surface area contributed by atoms with E-state index in [0.717, 1.165) is 43.1 Å². The second kappa shape index (κ2) is 14.1. The zero-order chi connectivity index (χ0) is 28.7. The first-order valence-electron chi connectivity index (χ1n) is 13.1. The van der Waals surface area contributed by atoms with Gasteiger partial charge in [0, 0.05) is 30.6 Å². The predicted octanol–water partition coefficient (Wildman–Crippen LogP) is 6.37. The number of nitrogens with zero attached hydrogens (tertiary/aromatic N) is 2. The lowest BCUT2D eigenvalue weighted by atomic mass is 9.95. The smallest absolute Gasteiger partial charge is 0.242 e. The second-order valence-electron chi connectivity index (χ2n) is 10.2. The van der Waals surface area contributed by atoms with Crippen LogP contribution >= 0.6 is 34.8 Å². The maximum atomic E-state index is 13.5. The Kier molecular flexibility index (Phi) is 11.4. The van der Waals surface area contributed by atoms with Crippen LogP contribution in [-0.4, -0.2) is 50.0 Å². The average molecular weight is 617 g/mol. The first-order valence-corrected chi connectivity index (χ1v) is 16.1. The molecule has 0 aliphatic heterocycles. The summed E-state index contributed by atoms with van der Waals surface area (Å²) < 4.78 is 26.5. The van der Waals surface area contributed by atoms with Gasteiger partial charge in [0.25, 0.3) is 0 Å². The summed E-state index contributed by atoms with van der Waals surface area (Å²) in [4.78, 5) is 28.2. The number of carbonyl (C=O) groups excluding carboxylic acids is 2. The average Bonchev–Trinajstić information content (AvgIpc) is 2.88. The Hall–Kier alpha value is -2.00. The van der Waals surface area contributed by atoms with Gasteiger partial charge in [-0.1, -0.05) is 66.2 Å². The van der Waals surface area contributed by atoms with Crippen LogP contribution in [0.25, 0.3) is 0 Å². The number of amides is 2. The van der Waals surface area contributed by atoms with Crippen molar-refractivity contribution in [2.24, 2.45) is 0 Å². The van der Waals surface area contributed by atoms with E-state index in [-0.39, 0.29) is 43.8 Å². The third kappa shape index (κ3) is 9.00. The number of rotatable bonds is 11. The van der Waals surface area contributed by atoms with Gasteiger partial charge >= 0.3 is 0 Å². The van der Waals surface area contributed by atoms with Crippen molar-refractivity contribution < 1.29 is 18.0 Å². The summed E-state index contributed by atoms with van der Waals surface area (Å²) in [5.74, 6) is -0.466. The van der Waals surface area contributed by atoms with Crippen molar-refractivity contribution in [2.45, 2.75) is 77.4 Å². The van der Waals surface area contributed by atoms with Gasteiger partial charge in [0.15, 0.2) is 0 Å². The summed E-state index contributed by atoms with van der Waals surface area (Å²) in [6, 6.07) is 9.56. The van der Waals surface area contributed by atoms with Crippen LogP contribution in [0.5, 0.6) is 0 Å². The molecule has 1 N–H and O–H groups in total. The topological polar surface area (TPSA) is 86.8 Å². The van der Waals surface area contributed by atoms with Crippen LogP contribution in [0.15, 0.2) is 36.4 Å². The first kappa shape index (κ1) is 31.5. The van der Waals surface area contributed by atoms with Crippen molar-refractivity contribution in [1.82, 2.24) is 10.2 Å². The van der Waals surface area contributed by atoms with Crippen molar-refractivity contribution in [2.75, 3.05) is 17.1 Å². The molecule has 0 spiro atoms. The number of carbonyl (C=O) groups is 2. The molecule has 2 amide bonds. The van der Waals surface area contributed by atoms with Crippen LogP contribution in [0, 0.1) is 6.92 Å². The number of hydrogen-bond acceptors (Lipinski definition) is 4. The Morgan fingerprint density at radius 3 is 2.36 bits per heavy atom. The maximum Gasteiger partial charge on any atom is 0.242 e. The molecule has 1 saturated carbocycles. The highest BCUT2D eigenvalue weighted by Crippen LogP contribution is 2.27. The quantitative estimate of drug-likeness (QED) is 0.318. The number of hydrogen-bond donors (Lipinski definition) is 1. The molecule has 1 aliphatic rings. The molecule has 0 heterocycles. The number of aryl methyl sites for hydroxylation is 1. The molecule has 7 nitrogen and oxygen atoms in total. The summed E-state index contributed by atoms with van der Waals surface area (Å²) in [6.07, 6.45) is 6.63. The van der Waals surface area contributed by atoms with Gasteiger partial charge in [-0.3, -0.25) is 13.9 Å². The van der Waals surface area contributed by atoms with Crippen LogP contribution in [0.3, 0.4) is 0 Å². The summed E-state index contributed by atoms with van der Waals surface area (Å²) in [7, 11) is -3.62. The molecule has 0 radical (unpaired) electrons. The van der Waals surface area contributed by atoms with Crippen molar-refractivity contribution in [3.05, 3.63) is 62.6 Å². The van der Waals surface area contributed by atoms with E-state index in [9.17, 15) is 18.0 Å². The number of nitrogens with one attached hydrogen (secondary N) is 1. The Morgan fingerprint density at radius 1 is 1.03 bits per heavy atom. The summed E-state index contributed by atoms with van der Waals surface area (Å²) in [6.45, 7) is 3.78. The minimum Gasteiger partial charge on any atom is -0.352 e. The zero-order valence-corrected chi connectivity index (χ0v) is 25.6. The maximum absolute atomic E-state index is 13.5. The highest BCUT2D eigenvalue weighted by molar-refractivity contribution is 7.92. The van der Waals surface area contributed by atoms with Crippen molar-refractivity contribution in [3.63, 3.8) is 0 Å². The molecule has 214 valence electrons. The minimum atomic E-state index is -3.62. The Morgan fingerprint density at radius 2 is 1.72 bits per heavy atom. The summed E-state index contributed by atoms with van der Waals surface area (Å²) >= 11 is 18.4. The standard InChI is InChI=1S/C28H36Cl3N3O4S/c1-19-11-13-22(29)17-26(19)34(39(3,37)38)15-7-10-27(35)33(18-21-12-14-24(30)25(31)16-21)20(2)28(36)32-23-8-5-4-6-9-23/h11-14,16-17,20,23H,4-10,15,18H2,1-3H3,(H,32,36)/t20-/m0/s1. The molecule has 0 saturated heterocycles. The first-order chi connectivity index (χ1) is 18.4. The van der Waals surface area contributed by atoms with Gasteiger partial charge in [-0.25, -0.2) is 8.42 Å². The van der Waals surface area contributed by atoms with Gasteiger partial charge in [-0.15, -0.1) is 0 Å². The molecule has 2 aromatic rings. The molecule has 39 heavy (non-hydrogen) atoms. The molecule has 11 heteroatoms. The summed E-state index contributed by atoms with van der Waals surface area (Å²) in [5, 5.41) is 4.29. The molecule has 1 fully saturated rings. The van der Waals surface area contributed by atoms with E-state index in [1.54, 1.807) is 50.2 Å². The van der Waals surface area contributed by atoms with Crippen LogP contribution in [0.4, 0.5) is 5.69 Å². The Labute approximate surface area is 246 Å².